The van der Waals surface area contributed by atoms with Crippen molar-refractivity contribution in [2.75, 3.05) is 90.3 Å². The minimum absolute atomic E-state index is 0.144. The molecule has 148 heavy (non-hydrogen) atoms. The standard InChI is InChI=1S/C23H21FN6O.C22H21F2N5O.3C22H25FN4O2/c1-23(3-4-23)31-20-9-15-14(8-16(20)24)11-27-22(15)18-10-21(29-13-28-18)30-7-2-17-19(12-30)26-6-5-25-17;1-21(2-3-21)30-18-9-15-14(8-16(18)23)11-26-20(15)17-10-19(28-13-27-17)29-6-4-22(24,12-25)5-7-29;2*1-13-10-28-11-14(2)27(13)20-8-18(25-12-26-20)21-16-7-19(29-22(3)4-5-22)17(23)6-15(16)9-24-21;1-21(2)12-27(6-7-28-21)19-10-17(25-13-26-19)20-15-9-18(29-22(3)4-5-22)16(23)8-14(15)11-24-20/h5-6,8-10,13H,2-4,7,11-12H2,1H3;8-10,13H,2-7,11H2,1H3;2*6-8,12-14H,4-5,9-11H2,1-3H3;8-10,13H,4-7,11-12H2,1-3H3/t;;13-,14+;13-,14-;/m...1./s1. The molecule has 0 bridgehead atoms. The summed E-state index contributed by atoms with van der Waals surface area (Å²) >= 11 is 0. The van der Waals surface area contributed by atoms with Crippen LogP contribution in [0.25, 0.3) is 0 Å². The maximum absolute atomic E-state index is 14.5. The number of aliphatic imine (C=N–C) groups is 5. The molecule has 9 fully saturated rings. The van der Waals surface area contributed by atoms with Crippen molar-refractivity contribution in [3.05, 3.63) is 260 Å². The van der Waals surface area contributed by atoms with E-state index in [2.05, 4.69) is 146 Å². The Hall–Kier alpha value is -14.1. The number of halogens is 6. The van der Waals surface area contributed by atoms with Crippen molar-refractivity contribution >= 4 is 57.6 Å². The van der Waals surface area contributed by atoms with E-state index in [4.69, 9.17) is 43.2 Å². The van der Waals surface area contributed by atoms with Crippen molar-refractivity contribution in [3.63, 3.8) is 0 Å². The Morgan fingerprint density at radius 3 is 0.912 bits per heavy atom. The van der Waals surface area contributed by atoms with Crippen LogP contribution in [0, 0.1) is 40.4 Å². The molecule has 0 spiro atoms. The second-order valence-electron chi connectivity index (χ2n) is 43.1. The van der Waals surface area contributed by atoms with Crippen molar-refractivity contribution in [2.45, 2.75) is 262 Å². The number of aromatic nitrogens is 12. The molecule has 15 aliphatic rings. The predicted molar refractivity (Wildman–Crippen MR) is 545 cm³/mol. The lowest BCUT2D eigenvalue weighted by atomic mass is 9.95. The number of alkyl halides is 1. The van der Waals surface area contributed by atoms with Crippen LogP contribution >= 0.6 is 0 Å². The Balaban J connectivity index is 0.000000105. The number of nitrogens with zero attached hydrogens (tertiary/aromatic N) is 23. The number of piperidine rings is 1. The van der Waals surface area contributed by atoms with E-state index in [0.717, 1.165) is 226 Å². The fourth-order valence-corrected chi connectivity index (χ4v) is 20.1. The van der Waals surface area contributed by atoms with Crippen LogP contribution in [0.5, 0.6) is 28.7 Å². The largest absolute Gasteiger partial charge is 0.484 e. The van der Waals surface area contributed by atoms with Gasteiger partial charge in [0.15, 0.2) is 63.5 Å². The average molecular weight is 2020 g/mol. The second kappa shape index (κ2) is 39.2. The third kappa shape index (κ3) is 21.3. The minimum atomic E-state index is -1.76. The Kier molecular flexibility index (Phi) is 26.1. The van der Waals surface area contributed by atoms with Gasteiger partial charge in [0.05, 0.1) is 170 Å². The lowest BCUT2D eigenvalue weighted by Crippen LogP contribution is -2.50. The molecule has 766 valence electrons. The molecule has 0 unspecified atom stereocenters. The Morgan fingerprint density at radius 1 is 0.331 bits per heavy atom. The van der Waals surface area contributed by atoms with Gasteiger partial charge in [-0.25, -0.2) is 76.2 Å². The number of anilines is 5. The molecule has 5 aliphatic carbocycles. The van der Waals surface area contributed by atoms with Gasteiger partial charge in [0.2, 0.25) is 0 Å². The highest BCUT2D eigenvalue weighted by Gasteiger charge is 2.47. The summed E-state index contributed by atoms with van der Waals surface area (Å²) in [6.45, 7) is 32.0. The topological polar surface area (TPSA) is 330 Å². The molecule has 10 aliphatic heterocycles. The Labute approximate surface area is 854 Å². The maximum atomic E-state index is 14.5. The fraction of sp³-hybridized carbons (Fsp3) is 0.459. The van der Waals surface area contributed by atoms with E-state index in [-0.39, 0.29) is 111 Å². The van der Waals surface area contributed by atoms with Gasteiger partial charge in [-0.3, -0.25) is 34.9 Å². The first kappa shape index (κ1) is 98.5. The van der Waals surface area contributed by atoms with Gasteiger partial charge < -0.3 is 62.4 Å². The second-order valence-corrected chi connectivity index (χ2v) is 43.1. The highest BCUT2D eigenvalue weighted by atomic mass is 19.2. The van der Waals surface area contributed by atoms with E-state index in [9.17, 15) is 26.3 Å². The van der Waals surface area contributed by atoms with Crippen molar-refractivity contribution in [1.29, 1.82) is 5.26 Å². The number of morpholine rings is 3. The summed E-state index contributed by atoms with van der Waals surface area (Å²) < 4.78 is 133. The quantitative estimate of drug-likeness (QED) is 0.0640. The third-order valence-corrected chi connectivity index (χ3v) is 30.0. The molecule has 0 amide bonds. The van der Waals surface area contributed by atoms with Crippen LogP contribution < -0.4 is 48.2 Å². The first-order chi connectivity index (χ1) is 71.1. The molecule has 26 rings (SSSR count). The highest BCUT2D eigenvalue weighted by molar-refractivity contribution is 6.17. The molecule has 16 heterocycles. The molecule has 4 atom stereocenters. The van der Waals surface area contributed by atoms with Crippen molar-refractivity contribution < 1.29 is 64.2 Å². The SMILES string of the molecule is CC1(C)CN(c2cc(C3=NCc4cc(F)c(OC5(C)CC5)cc43)ncn2)CCO1.CC1(Oc2cc3c(cc2F)CN=C3c2cc(N3CCC(F)(C#N)CC3)ncn2)CC1.CC1(Oc2cc3c(cc2F)CN=C3c2cc(N3CCc4nccnc4C3)ncn2)CC1.C[C@@H]1COC[C@@H](C)N1c1cc(C2=NCc3cc(F)c(OC4(C)CC4)cc32)ncn1.C[C@@H]1COC[C@H](C)N1c1cc(C2=NCc3cc(F)c(OC4(C)CC4)cc32)ncn1. The van der Waals surface area contributed by atoms with Gasteiger partial charge in [-0.05, 0) is 229 Å². The predicted octanol–water partition coefficient (Wildman–Crippen LogP) is 17.5. The lowest BCUT2D eigenvalue weighted by Gasteiger charge is -2.39. The van der Waals surface area contributed by atoms with Crippen LogP contribution in [0.3, 0.4) is 0 Å². The number of nitriles is 1. The third-order valence-electron chi connectivity index (χ3n) is 30.0. The molecule has 11 aromatic rings. The van der Waals surface area contributed by atoms with Crippen molar-refractivity contribution in [3.8, 4) is 34.8 Å². The zero-order valence-corrected chi connectivity index (χ0v) is 84.8. The molecule has 5 saturated carbocycles. The van der Waals surface area contributed by atoms with E-state index >= 15 is 0 Å². The number of fused-ring (bicyclic) bond motifs is 6. The molecule has 5 aromatic carbocycles. The van der Waals surface area contributed by atoms with Gasteiger partial charge in [-0.15, -0.1) is 0 Å². The molecular formula is C111H117F6N23O8. The first-order valence-corrected chi connectivity index (χ1v) is 51.1. The van der Waals surface area contributed by atoms with E-state index in [1.165, 1.54) is 18.5 Å². The van der Waals surface area contributed by atoms with Gasteiger partial charge in [0, 0.05) is 123 Å². The van der Waals surface area contributed by atoms with Gasteiger partial charge in [-0.2, -0.15) is 5.26 Å². The number of benzene rings is 5. The van der Waals surface area contributed by atoms with Gasteiger partial charge >= 0.3 is 0 Å². The minimum Gasteiger partial charge on any atom is -0.484 e. The molecule has 0 N–H and O–H groups in total. The van der Waals surface area contributed by atoms with Gasteiger partial charge in [-0.1, -0.05) is 0 Å². The number of ether oxygens (including phenoxy) is 8. The van der Waals surface area contributed by atoms with Gasteiger partial charge in [0.1, 0.15) is 94.8 Å². The fourth-order valence-electron chi connectivity index (χ4n) is 20.1. The molecular weight excluding hydrogens is 1900 g/mol. The number of hydrogen-bond acceptors (Lipinski definition) is 31. The Morgan fingerprint density at radius 2 is 0.615 bits per heavy atom. The smallest absolute Gasteiger partial charge is 0.199 e. The van der Waals surface area contributed by atoms with Crippen LogP contribution in [0.15, 0.2) is 160 Å². The lowest BCUT2D eigenvalue weighted by molar-refractivity contribution is -0.0279. The normalized spacial score (nSPS) is 22.0. The molecule has 6 aromatic heterocycles. The molecule has 0 radical (unpaired) electrons. The van der Waals surface area contributed by atoms with Crippen molar-refractivity contribution in [2.24, 2.45) is 25.0 Å². The maximum Gasteiger partial charge on any atom is 0.199 e. The summed E-state index contributed by atoms with van der Waals surface area (Å²) in [7, 11) is 0. The van der Waals surface area contributed by atoms with E-state index in [1.54, 1.807) is 92.3 Å². The molecule has 4 saturated heterocycles. The summed E-state index contributed by atoms with van der Waals surface area (Å²) in [6.07, 6.45) is 21.8. The van der Waals surface area contributed by atoms with Crippen LogP contribution in [-0.2, 0) is 59.9 Å². The first-order valence-electron chi connectivity index (χ1n) is 51.1. The zero-order chi connectivity index (χ0) is 103. The van der Waals surface area contributed by atoms with Crippen LogP contribution in [-0.4, -0.2) is 218 Å². The van der Waals surface area contributed by atoms with E-state index in [0.29, 0.717) is 120 Å². The van der Waals surface area contributed by atoms with Crippen LogP contribution in [0.2, 0.25) is 0 Å². The zero-order valence-electron chi connectivity index (χ0n) is 84.8. The summed E-state index contributed by atoms with van der Waals surface area (Å²) in [5.74, 6) is 3.78. The molecule has 31 nitrogen and oxygen atoms in total. The summed E-state index contributed by atoms with van der Waals surface area (Å²) in [4.78, 5) is 87.4. The van der Waals surface area contributed by atoms with Gasteiger partial charge in [0.25, 0.3) is 0 Å². The van der Waals surface area contributed by atoms with Crippen LogP contribution in [0.4, 0.5) is 55.4 Å². The summed E-state index contributed by atoms with van der Waals surface area (Å²) in [6, 6.07) is 28.8. The highest BCUT2D eigenvalue weighted by Crippen LogP contribution is 2.49. The number of hydrogen-bond donors (Lipinski definition) is 0. The number of rotatable bonds is 20. The summed E-state index contributed by atoms with van der Waals surface area (Å²) in [5.41, 5.74) is 14.7. The van der Waals surface area contributed by atoms with Crippen LogP contribution in [0.1, 0.15) is 249 Å². The van der Waals surface area contributed by atoms with Crippen molar-refractivity contribution in [1.82, 2.24) is 59.8 Å². The Bertz CT molecular complexity index is 7060. The summed E-state index contributed by atoms with van der Waals surface area (Å²) in [5, 5.41) is 8.98. The monoisotopic (exact) mass is 2010 g/mol. The molecule has 37 heteroatoms. The average Bonchev–Trinajstić information content (AvgIpc) is 1.63. The van der Waals surface area contributed by atoms with E-state index in [1.807, 2.05) is 69.9 Å². The van der Waals surface area contributed by atoms with E-state index < -0.39 is 5.67 Å².